The normalized spacial score (nSPS) is 10.3. The zero-order valence-corrected chi connectivity index (χ0v) is 11.8. The summed E-state index contributed by atoms with van der Waals surface area (Å²) in [6.07, 6.45) is 0.805. The molecule has 0 radical (unpaired) electrons. The molecule has 2 aromatic rings. The Labute approximate surface area is 115 Å². The van der Waals surface area contributed by atoms with Crippen LogP contribution in [0.3, 0.4) is 0 Å². The molecule has 2 nitrogen and oxygen atoms in total. The molecule has 0 amide bonds. The smallest absolute Gasteiger partial charge is 0.165 e. The maximum absolute atomic E-state index is 9.88. The molecule has 94 valence electrons. The fourth-order valence-corrected chi connectivity index (χ4v) is 2.40. The Morgan fingerprint density at radius 1 is 1.11 bits per heavy atom. The Morgan fingerprint density at radius 2 is 1.83 bits per heavy atom. The fraction of sp³-hybridized carbons (Fsp3) is 0.200. The van der Waals surface area contributed by atoms with Crippen LogP contribution in [0.15, 0.2) is 46.9 Å². The highest BCUT2D eigenvalue weighted by Gasteiger charge is 2.11. The van der Waals surface area contributed by atoms with Crippen molar-refractivity contribution >= 4 is 15.9 Å². The number of hydrogen-bond acceptors (Lipinski definition) is 2. The minimum absolute atomic E-state index is 0.186. The summed E-state index contributed by atoms with van der Waals surface area (Å²) in [6.45, 7) is 2.49. The third-order valence-electron chi connectivity index (χ3n) is 2.76. The van der Waals surface area contributed by atoms with Gasteiger partial charge in [-0.05, 0) is 24.1 Å². The molecule has 0 atom stereocenters. The molecule has 2 aromatic carbocycles. The van der Waals surface area contributed by atoms with E-state index in [1.54, 1.807) is 6.07 Å². The molecule has 18 heavy (non-hydrogen) atoms. The van der Waals surface area contributed by atoms with E-state index in [0.29, 0.717) is 12.4 Å². The van der Waals surface area contributed by atoms with E-state index in [1.165, 1.54) is 0 Å². The zero-order valence-electron chi connectivity index (χ0n) is 10.2. The van der Waals surface area contributed by atoms with Crippen LogP contribution >= 0.6 is 15.9 Å². The van der Waals surface area contributed by atoms with Gasteiger partial charge in [0.1, 0.15) is 6.61 Å². The van der Waals surface area contributed by atoms with Gasteiger partial charge < -0.3 is 9.84 Å². The summed E-state index contributed by atoms with van der Waals surface area (Å²) < 4.78 is 6.71. The monoisotopic (exact) mass is 306 g/mol. The van der Waals surface area contributed by atoms with Gasteiger partial charge in [-0.1, -0.05) is 53.2 Å². The van der Waals surface area contributed by atoms with Crippen LogP contribution in [0.2, 0.25) is 0 Å². The van der Waals surface area contributed by atoms with Crippen LogP contribution < -0.4 is 4.74 Å². The summed E-state index contributed by atoms with van der Waals surface area (Å²) in [7, 11) is 0. The Hall–Kier alpha value is -1.48. The highest BCUT2D eigenvalue weighted by Crippen LogP contribution is 2.36. The summed E-state index contributed by atoms with van der Waals surface area (Å²) in [5, 5.41) is 9.88. The topological polar surface area (TPSA) is 29.5 Å². The van der Waals surface area contributed by atoms with Crippen molar-refractivity contribution in [1.82, 2.24) is 0 Å². The molecule has 0 heterocycles. The van der Waals surface area contributed by atoms with Crippen molar-refractivity contribution in [3.8, 4) is 11.5 Å². The van der Waals surface area contributed by atoms with Crippen molar-refractivity contribution in [3.05, 3.63) is 58.1 Å². The summed E-state index contributed by atoms with van der Waals surface area (Å²) in [5.41, 5.74) is 2.07. The first kappa shape index (κ1) is 13.0. The van der Waals surface area contributed by atoms with Gasteiger partial charge in [-0.25, -0.2) is 0 Å². The first-order chi connectivity index (χ1) is 8.72. The first-order valence-corrected chi connectivity index (χ1v) is 6.68. The van der Waals surface area contributed by atoms with Gasteiger partial charge in [-0.15, -0.1) is 0 Å². The van der Waals surface area contributed by atoms with Crippen molar-refractivity contribution in [2.75, 3.05) is 0 Å². The molecule has 0 aliphatic carbocycles. The van der Waals surface area contributed by atoms with Crippen LogP contribution in [0.25, 0.3) is 0 Å². The molecular weight excluding hydrogens is 292 g/mol. The number of phenolic OH excluding ortho intramolecular Hbond substituents is 1. The van der Waals surface area contributed by atoms with Gasteiger partial charge in [0.2, 0.25) is 0 Å². The molecular formula is C15H15BrO2. The average Bonchev–Trinajstić information content (AvgIpc) is 2.41. The van der Waals surface area contributed by atoms with Gasteiger partial charge in [0.15, 0.2) is 11.5 Å². The second-order valence-corrected chi connectivity index (χ2v) is 4.86. The van der Waals surface area contributed by atoms with Crippen molar-refractivity contribution in [2.45, 2.75) is 20.0 Å². The summed E-state index contributed by atoms with van der Waals surface area (Å²) in [4.78, 5) is 0. The standard InChI is InChI=1S/C15H15BrO2/c1-2-12-13(16)8-9-14(17)15(12)18-10-11-6-4-3-5-7-11/h3-9,17H,2,10H2,1H3. The quantitative estimate of drug-likeness (QED) is 0.912. The maximum Gasteiger partial charge on any atom is 0.165 e. The molecule has 3 heteroatoms. The Balaban J connectivity index is 2.21. The minimum Gasteiger partial charge on any atom is -0.504 e. The lowest BCUT2D eigenvalue weighted by Gasteiger charge is -2.13. The second kappa shape index (κ2) is 5.91. The molecule has 0 aliphatic rings. The Morgan fingerprint density at radius 3 is 2.50 bits per heavy atom. The van der Waals surface area contributed by atoms with Crippen LogP contribution in [0.5, 0.6) is 11.5 Å². The number of rotatable bonds is 4. The largest absolute Gasteiger partial charge is 0.504 e. The van der Waals surface area contributed by atoms with Gasteiger partial charge >= 0.3 is 0 Å². The molecule has 0 saturated heterocycles. The van der Waals surface area contributed by atoms with E-state index in [4.69, 9.17) is 4.74 Å². The lowest BCUT2D eigenvalue weighted by atomic mass is 10.1. The van der Waals surface area contributed by atoms with Crippen molar-refractivity contribution < 1.29 is 9.84 Å². The lowest BCUT2D eigenvalue weighted by molar-refractivity contribution is 0.285. The van der Waals surface area contributed by atoms with Gasteiger partial charge in [-0.3, -0.25) is 0 Å². The number of hydrogen-bond donors (Lipinski definition) is 1. The number of halogens is 1. The Bertz CT molecular complexity index is 524. The van der Waals surface area contributed by atoms with Gasteiger partial charge in [0.05, 0.1) is 0 Å². The second-order valence-electron chi connectivity index (χ2n) is 4.00. The van der Waals surface area contributed by atoms with E-state index in [-0.39, 0.29) is 5.75 Å². The molecule has 2 rings (SSSR count). The SMILES string of the molecule is CCc1c(Br)ccc(O)c1OCc1ccccc1. The first-order valence-electron chi connectivity index (χ1n) is 5.89. The summed E-state index contributed by atoms with van der Waals surface area (Å²) in [5.74, 6) is 0.752. The summed E-state index contributed by atoms with van der Waals surface area (Å²) >= 11 is 3.48. The van der Waals surface area contributed by atoms with Crippen molar-refractivity contribution in [1.29, 1.82) is 0 Å². The van der Waals surface area contributed by atoms with E-state index in [0.717, 1.165) is 22.0 Å². The van der Waals surface area contributed by atoms with Gasteiger partial charge in [-0.2, -0.15) is 0 Å². The Kier molecular flexibility index (Phi) is 4.26. The van der Waals surface area contributed by atoms with Crippen molar-refractivity contribution in [3.63, 3.8) is 0 Å². The highest BCUT2D eigenvalue weighted by atomic mass is 79.9. The molecule has 0 saturated carbocycles. The van der Waals surface area contributed by atoms with Crippen LogP contribution in [0.1, 0.15) is 18.1 Å². The van der Waals surface area contributed by atoms with Crippen LogP contribution in [-0.2, 0) is 13.0 Å². The molecule has 0 spiro atoms. The number of ether oxygens (including phenoxy) is 1. The van der Waals surface area contributed by atoms with E-state index < -0.39 is 0 Å². The number of phenols is 1. The molecule has 0 aromatic heterocycles. The zero-order chi connectivity index (χ0) is 13.0. The average molecular weight is 307 g/mol. The van der Waals surface area contributed by atoms with Crippen LogP contribution in [0, 0.1) is 0 Å². The van der Waals surface area contributed by atoms with Gasteiger partial charge in [0.25, 0.3) is 0 Å². The van der Waals surface area contributed by atoms with Crippen molar-refractivity contribution in [2.24, 2.45) is 0 Å². The fourth-order valence-electron chi connectivity index (χ4n) is 1.81. The number of aromatic hydroxyl groups is 1. The molecule has 1 N–H and O–H groups in total. The van der Waals surface area contributed by atoms with Gasteiger partial charge in [0, 0.05) is 10.0 Å². The minimum atomic E-state index is 0.186. The van der Waals surface area contributed by atoms with Crippen LogP contribution in [-0.4, -0.2) is 5.11 Å². The lowest BCUT2D eigenvalue weighted by Crippen LogP contribution is -1.99. The molecule has 0 unspecified atom stereocenters. The highest BCUT2D eigenvalue weighted by molar-refractivity contribution is 9.10. The summed E-state index contributed by atoms with van der Waals surface area (Å²) in [6, 6.07) is 13.4. The molecule has 0 bridgehead atoms. The molecule has 0 fully saturated rings. The third-order valence-corrected chi connectivity index (χ3v) is 3.51. The van der Waals surface area contributed by atoms with E-state index >= 15 is 0 Å². The van der Waals surface area contributed by atoms with E-state index in [9.17, 15) is 5.11 Å². The number of benzene rings is 2. The molecule has 0 aliphatic heterocycles. The van der Waals surface area contributed by atoms with Crippen LogP contribution in [0.4, 0.5) is 0 Å². The predicted octanol–water partition coefficient (Wildman–Crippen LogP) is 4.30. The third kappa shape index (κ3) is 2.85. The van der Waals surface area contributed by atoms with E-state index in [2.05, 4.69) is 15.9 Å². The van der Waals surface area contributed by atoms with E-state index in [1.807, 2.05) is 43.3 Å². The maximum atomic E-state index is 9.88. The predicted molar refractivity (Wildman–Crippen MR) is 76.0 cm³/mol.